The Morgan fingerprint density at radius 3 is 2.71 bits per heavy atom. The number of hydrogen-bond acceptors (Lipinski definition) is 4. The second kappa shape index (κ2) is 8.43. The molecule has 1 aliphatic rings. The van der Waals surface area contributed by atoms with Crippen LogP contribution >= 0.6 is 0 Å². The summed E-state index contributed by atoms with van der Waals surface area (Å²) in [7, 11) is 0. The molecular weight excluding hydrogens is 348 g/mol. The number of aryl methyl sites for hydroxylation is 2. The van der Waals surface area contributed by atoms with E-state index in [2.05, 4.69) is 63.1 Å². The number of benzene rings is 1. The maximum Gasteiger partial charge on any atom is 0.0547 e. The molecule has 0 radical (unpaired) electrons. The lowest BCUT2D eigenvalue weighted by Crippen LogP contribution is -2.52. The quantitative estimate of drug-likeness (QED) is 0.691. The van der Waals surface area contributed by atoms with E-state index in [1.165, 1.54) is 22.2 Å². The van der Waals surface area contributed by atoms with Crippen molar-refractivity contribution in [2.45, 2.75) is 39.4 Å². The van der Waals surface area contributed by atoms with E-state index < -0.39 is 0 Å². The maximum atomic E-state index is 9.59. The van der Waals surface area contributed by atoms with Gasteiger partial charge in [0.25, 0.3) is 0 Å². The third kappa shape index (κ3) is 4.12. The summed E-state index contributed by atoms with van der Waals surface area (Å²) in [6, 6.07) is 15.1. The van der Waals surface area contributed by atoms with Crippen LogP contribution in [0, 0.1) is 13.8 Å². The van der Waals surface area contributed by atoms with Crippen LogP contribution in [0.15, 0.2) is 42.5 Å². The fourth-order valence-electron chi connectivity index (χ4n) is 4.35. The number of hydrogen-bond donors (Lipinski definition) is 2. The Bertz CT molecular complexity index is 935. The number of aromatic amines is 1. The average Bonchev–Trinajstić information content (AvgIpc) is 3.00. The van der Waals surface area contributed by atoms with Gasteiger partial charge >= 0.3 is 0 Å². The van der Waals surface area contributed by atoms with Crippen LogP contribution in [0.2, 0.25) is 0 Å². The molecule has 2 aromatic heterocycles. The van der Waals surface area contributed by atoms with Crippen LogP contribution in [0.5, 0.6) is 0 Å². The van der Waals surface area contributed by atoms with Gasteiger partial charge in [-0.3, -0.25) is 14.8 Å². The molecule has 5 heteroatoms. The van der Waals surface area contributed by atoms with Crippen molar-refractivity contribution >= 4 is 10.9 Å². The van der Waals surface area contributed by atoms with Gasteiger partial charge in [0.2, 0.25) is 0 Å². The van der Waals surface area contributed by atoms with Gasteiger partial charge in [-0.25, -0.2) is 0 Å². The molecule has 0 amide bonds. The van der Waals surface area contributed by atoms with Crippen LogP contribution in [0.4, 0.5) is 0 Å². The van der Waals surface area contributed by atoms with Crippen molar-refractivity contribution < 1.29 is 5.11 Å². The fraction of sp³-hybridized carbons (Fsp3) is 0.435. The molecule has 3 aromatic rings. The second-order valence-electron chi connectivity index (χ2n) is 7.92. The Balaban J connectivity index is 1.45. The summed E-state index contributed by atoms with van der Waals surface area (Å²) in [6.45, 7) is 9.25. The molecule has 1 fully saturated rings. The molecule has 4 rings (SSSR count). The van der Waals surface area contributed by atoms with Gasteiger partial charge in [0, 0.05) is 67.7 Å². The minimum absolute atomic E-state index is 0.224. The van der Waals surface area contributed by atoms with Crippen LogP contribution in [0.3, 0.4) is 0 Å². The molecule has 0 unspecified atom stereocenters. The van der Waals surface area contributed by atoms with Crippen molar-refractivity contribution in [3.8, 4) is 0 Å². The smallest absolute Gasteiger partial charge is 0.0547 e. The molecule has 2 N–H and O–H groups in total. The van der Waals surface area contributed by atoms with Crippen molar-refractivity contribution in [1.82, 2.24) is 19.8 Å². The van der Waals surface area contributed by atoms with E-state index in [1.807, 2.05) is 13.0 Å². The van der Waals surface area contributed by atoms with E-state index in [1.54, 1.807) is 0 Å². The number of aromatic nitrogens is 2. The number of nitrogens with zero attached hydrogens (tertiary/aromatic N) is 3. The average molecular weight is 379 g/mol. The first-order valence-corrected chi connectivity index (χ1v) is 10.2. The molecule has 1 aromatic carbocycles. The van der Waals surface area contributed by atoms with Crippen molar-refractivity contribution in [3.05, 3.63) is 65.1 Å². The molecule has 5 nitrogen and oxygen atoms in total. The van der Waals surface area contributed by atoms with Crippen molar-refractivity contribution in [2.24, 2.45) is 0 Å². The minimum Gasteiger partial charge on any atom is -0.396 e. The zero-order valence-corrected chi connectivity index (χ0v) is 16.9. The van der Waals surface area contributed by atoms with Crippen LogP contribution in [0.1, 0.15) is 29.1 Å². The highest BCUT2D eigenvalue weighted by Gasteiger charge is 2.27. The van der Waals surface area contributed by atoms with E-state index >= 15 is 0 Å². The summed E-state index contributed by atoms with van der Waals surface area (Å²) in [5, 5.41) is 10.9. The van der Waals surface area contributed by atoms with Gasteiger partial charge in [0.05, 0.1) is 5.69 Å². The number of aliphatic hydroxyl groups is 1. The van der Waals surface area contributed by atoms with E-state index in [0.717, 1.165) is 50.5 Å². The van der Waals surface area contributed by atoms with Gasteiger partial charge in [0.1, 0.15) is 0 Å². The predicted octanol–water partition coefficient (Wildman–Crippen LogP) is 3.25. The highest BCUT2D eigenvalue weighted by molar-refractivity contribution is 5.84. The highest BCUT2D eigenvalue weighted by atomic mass is 16.3. The third-order valence-corrected chi connectivity index (χ3v) is 5.91. The Hall–Kier alpha value is -2.21. The lowest BCUT2D eigenvalue weighted by molar-refractivity contribution is 0.0486. The van der Waals surface area contributed by atoms with Crippen LogP contribution in [0.25, 0.3) is 10.9 Å². The number of pyridine rings is 1. The van der Waals surface area contributed by atoms with Crippen LogP contribution in [-0.4, -0.2) is 57.2 Å². The Morgan fingerprint density at radius 1 is 1.07 bits per heavy atom. The number of fused-ring (bicyclic) bond motifs is 1. The van der Waals surface area contributed by atoms with Gasteiger partial charge in [-0.15, -0.1) is 0 Å². The first-order chi connectivity index (χ1) is 13.6. The number of rotatable bonds is 6. The molecule has 148 valence electrons. The van der Waals surface area contributed by atoms with Gasteiger partial charge in [-0.05, 0) is 44.0 Å². The van der Waals surface area contributed by atoms with Crippen LogP contribution < -0.4 is 0 Å². The first kappa shape index (κ1) is 19.1. The standard InChI is InChI=1S/C23H30N4O/c1-17-6-5-7-19(24-17)14-27-12-11-26(15-20(27)10-13-28)16-23-18(2)21-8-3-4-9-22(21)25-23/h3-9,20,25,28H,10-16H2,1-2H3/t20-/m1/s1. The summed E-state index contributed by atoms with van der Waals surface area (Å²) in [5.74, 6) is 0. The Kier molecular flexibility index (Phi) is 5.76. The van der Waals surface area contributed by atoms with Crippen LogP contribution in [-0.2, 0) is 13.1 Å². The van der Waals surface area contributed by atoms with E-state index in [9.17, 15) is 5.11 Å². The minimum atomic E-state index is 0.224. The number of para-hydroxylation sites is 1. The number of piperazine rings is 1. The Morgan fingerprint density at radius 2 is 1.93 bits per heavy atom. The summed E-state index contributed by atoms with van der Waals surface area (Å²) in [5.41, 5.74) is 6.04. The van der Waals surface area contributed by atoms with Gasteiger partial charge < -0.3 is 10.1 Å². The highest BCUT2D eigenvalue weighted by Crippen LogP contribution is 2.24. The fourth-order valence-corrected chi connectivity index (χ4v) is 4.35. The lowest BCUT2D eigenvalue weighted by Gasteiger charge is -2.41. The van der Waals surface area contributed by atoms with E-state index in [-0.39, 0.29) is 6.61 Å². The van der Waals surface area contributed by atoms with Crippen molar-refractivity contribution in [1.29, 1.82) is 0 Å². The molecule has 0 spiro atoms. The van der Waals surface area contributed by atoms with Gasteiger partial charge in [-0.2, -0.15) is 0 Å². The predicted molar refractivity (Wildman–Crippen MR) is 113 cm³/mol. The monoisotopic (exact) mass is 378 g/mol. The summed E-state index contributed by atoms with van der Waals surface area (Å²) in [6.07, 6.45) is 0.800. The zero-order valence-electron chi connectivity index (χ0n) is 16.9. The SMILES string of the molecule is Cc1cccc(CN2CCN(Cc3[nH]c4ccccc4c3C)C[C@H]2CCO)n1. The first-order valence-electron chi connectivity index (χ1n) is 10.2. The molecule has 1 aliphatic heterocycles. The second-order valence-corrected chi connectivity index (χ2v) is 7.92. The topological polar surface area (TPSA) is 55.4 Å². The normalized spacial score (nSPS) is 18.8. The Labute approximate surface area is 167 Å². The lowest BCUT2D eigenvalue weighted by atomic mass is 10.1. The molecule has 28 heavy (non-hydrogen) atoms. The molecule has 3 heterocycles. The van der Waals surface area contributed by atoms with Gasteiger partial charge in [-0.1, -0.05) is 24.3 Å². The summed E-state index contributed by atoms with van der Waals surface area (Å²) in [4.78, 5) is 13.3. The molecule has 1 atom stereocenters. The van der Waals surface area contributed by atoms with Crippen molar-refractivity contribution in [2.75, 3.05) is 26.2 Å². The molecular formula is C23H30N4O. The maximum absolute atomic E-state index is 9.59. The number of H-pyrrole nitrogens is 1. The molecule has 1 saturated heterocycles. The number of nitrogens with one attached hydrogen (secondary N) is 1. The molecule has 0 saturated carbocycles. The summed E-state index contributed by atoms with van der Waals surface area (Å²) < 4.78 is 0. The third-order valence-electron chi connectivity index (χ3n) is 5.91. The summed E-state index contributed by atoms with van der Waals surface area (Å²) >= 11 is 0. The van der Waals surface area contributed by atoms with Gasteiger partial charge in [0.15, 0.2) is 0 Å². The molecule has 0 bridgehead atoms. The zero-order chi connectivity index (χ0) is 19.5. The molecule has 0 aliphatic carbocycles. The number of aliphatic hydroxyl groups excluding tert-OH is 1. The largest absolute Gasteiger partial charge is 0.396 e. The van der Waals surface area contributed by atoms with E-state index in [4.69, 9.17) is 0 Å². The van der Waals surface area contributed by atoms with Crippen molar-refractivity contribution in [3.63, 3.8) is 0 Å². The van der Waals surface area contributed by atoms with E-state index in [0.29, 0.717) is 6.04 Å².